The molecule has 1 fully saturated rings. The number of aromatic nitrogens is 4. The molecule has 0 spiro atoms. The molecule has 2 aliphatic rings. The molecule has 1 aromatic carbocycles. The molecule has 0 amide bonds. The highest BCUT2D eigenvalue weighted by Gasteiger charge is 2.33. The first kappa shape index (κ1) is 18.6. The summed E-state index contributed by atoms with van der Waals surface area (Å²) >= 11 is 0. The molecular weight excluding hydrogens is 374 g/mol. The molecule has 5 rings (SSSR count). The maximum Gasteiger partial charge on any atom is 0.252 e. The van der Waals surface area contributed by atoms with Gasteiger partial charge >= 0.3 is 0 Å². The molecule has 6 nitrogen and oxygen atoms in total. The lowest BCUT2D eigenvalue weighted by molar-refractivity contribution is 0.182. The smallest absolute Gasteiger partial charge is 0.252 e. The summed E-state index contributed by atoms with van der Waals surface area (Å²) < 4.78 is 29.6. The molecular formula is C21H24F2N6. The molecule has 1 saturated carbocycles. The number of nitrogens with two attached hydrogens (primary N) is 1. The Labute approximate surface area is 167 Å². The van der Waals surface area contributed by atoms with E-state index in [0.717, 1.165) is 56.5 Å². The van der Waals surface area contributed by atoms with E-state index in [1.807, 2.05) is 17.6 Å². The van der Waals surface area contributed by atoms with Gasteiger partial charge in [-0.1, -0.05) is 0 Å². The van der Waals surface area contributed by atoms with Crippen molar-refractivity contribution in [1.29, 1.82) is 0 Å². The van der Waals surface area contributed by atoms with Gasteiger partial charge in [-0.15, -0.1) is 5.10 Å². The summed E-state index contributed by atoms with van der Waals surface area (Å²) in [5.74, 6) is 0.905. The summed E-state index contributed by atoms with van der Waals surface area (Å²) in [5.41, 5.74) is 9.16. The Hall–Kier alpha value is -2.45. The maximum absolute atomic E-state index is 14.2. The fraction of sp³-hybridized carbons (Fsp3) is 0.476. The second-order valence-electron chi connectivity index (χ2n) is 8.39. The summed E-state index contributed by atoms with van der Waals surface area (Å²) in [4.78, 5) is 11.1. The third-order valence-corrected chi connectivity index (χ3v) is 6.31. The molecule has 3 heterocycles. The lowest BCUT2D eigenvalue weighted by atomic mass is 9.75. The van der Waals surface area contributed by atoms with Gasteiger partial charge in [0.25, 0.3) is 5.78 Å². The van der Waals surface area contributed by atoms with E-state index in [1.165, 1.54) is 17.7 Å². The number of fused-ring (bicyclic) bond motifs is 3. The Balaban J connectivity index is 1.26. The quantitative estimate of drug-likeness (QED) is 0.734. The Morgan fingerprint density at radius 2 is 2.07 bits per heavy atom. The molecule has 2 aromatic heterocycles. The standard InChI is InChI=1S/C21H24F2N6/c1-12-26-21-25-8-14-10-28(11-20(14)29(21)27-12)9-13-2-4-16(19(24)6-13)17-7-15(22)3-5-18(17)23/h3,5,7-8,13,16,19H,2,4,6,9-11,24H2,1H3/t13-,16?,19?/m0/s1. The first-order valence-corrected chi connectivity index (χ1v) is 10.1. The van der Waals surface area contributed by atoms with E-state index in [-0.39, 0.29) is 17.8 Å². The minimum Gasteiger partial charge on any atom is -0.327 e. The fourth-order valence-corrected chi connectivity index (χ4v) is 4.97. The van der Waals surface area contributed by atoms with Gasteiger partial charge in [0, 0.05) is 43.4 Å². The molecule has 2 N–H and O–H groups in total. The molecule has 0 saturated heterocycles. The molecule has 29 heavy (non-hydrogen) atoms. The predicted molar refractivity (Wildman–Crippen MR) is 104 cm³/mol. The van der Waals surface area contributed by atoms with Gasteiger partial charge in [-0.25, -0.2) is 13.8 Å². The summed E-state index contributed by atoms with van der Waals surface area (Å²) in [5, 5.41) is 4.47. The lowest BCUT2D eigenvalue weighted by Gasteiger charge is -2.36. The Bertz CT molecular complexity index is 1060. The van der Waals surface area contributed by atoms with Crippen LogP contribution in [-0.2, 0) is 13.1 Å². The van der Waals surface area contributed by atoms with Gasteiger partial charge < -0.3 is 5.73 Å². The SMILES string of the molecule is Cc1nc2ncc3c(n2n1)CN(C[C@H]1CCC(c2cc(F)ccc2F)C(N)C1)C3. The van der Waals surface area contributed by atoms with Crippen molar-refractivity contribution in [3.05, 3.63) is 58.7 Å². The number of nitrogens with zero attached hydrogens (tertiary/aromatic N) is 5. The van der Waals surface area contributed by atoms with Crippen LogP contribution in [0.25, 0.3) is 5.78 Å². The van der Waals surface area contributed by atoms with Gasteiger partial charge in [0.1, 0.15) is 17.5 Å². The van der Waals surface area contributed by atoms with Crippen molar-refractivity contribution < 1.29 is 8.78 Å². The molecule has 0 bridgehead atoms. The zero-order chi connectivity index (χ0) is 20.1. The van der Waals surface area contributed by atoms with E-state index in [9.17, 15) is 8.78 Å². The van der Waals surface area contributed by atoms with Crippen LogP contribution < -0.4 is 5.73 Å². The Morgan fingerprint density at radius 1 is 1.21 bits per heavy atom. The third-order valence-electron chi connectivity index (χ3n) is 6.31. The average molecular weight is 398 g/mol. The highest BCUT2D eigenvalue weighted by Crippen LogP contribution is 2.37. The van der Waals surface area contributed by atoms with E-state index < -0.39 is 5.82 Å². The van der Waals surface area contributed by atoms with Crippen molar-refractivity contribution >= 4 is 5.78 Å². The van der Waals surface area contributed by atoms with E-state index >= 15 is 0 Å². The van der Waals surface area contributed by atoms with E-state index in [1.54, 1.807) is 0 Å². The topological polar surface area (TPSA) is 72.3 Å². The average Bonchev–Trinajstić information content (AvgIpc) is 3.26. The second kappa shape index (κ2) is 7.11. The van der Waals surface area contributed by atoms with Crippen molar-refractivity contribution in [3.63, 3.8) is 0 Å². The number of benzene rings is 1. The maximum atomic E-state index is 14.2. The van der Waals surface area contributed by atoms with Crippen LogP contribution in [0.1, 0.15) is 47.8 Å². The molecule has 3 atom stereocenters. The van der Waals surface area contributed by atoms with Crippen molar-refractivity contribution in [1.82, 2.24) is 24.5 Å². The van der Waals surface area contributed by atoms with Crippen molar-refractivity contribution in [2.75, 3.05) is 6.54 Å². The van der Waals surface area contributed by atoms with Crippen LogP contribution in [0.4, 0.5) is 8.78 Å². The zero-order valence-corrected chi connectivity index (χ0v) is 16.4. The summed E-state index contributed by atoms with van der Waals surface area (Å²) in [6.45, 7) is 4.45. The first-order chi connectivity index (χ1) is 14.0. The largest absolute Gasteiger partial charge is 0.327 e. The van der Waals surface area contributed by atoms with Crippen molar-refractivity contribution in [3.8, 4) is 0 Å². The zero-order valence-electron chi connectivity index (χ0n) is 16.4. The number of aryl methyl sites for hydroxylation is 1. The molecule has 3 aromatic rings. The monoisotopic (exact) mass is 398 g/mol. The minimum absolute atomic E-state index is 0.125. The molecule has 1 aliphatic heterocycles. The van der Waals surface area contributed by atoms with Gasteiger partial charge in [-0.05, 0) is 55.9 Å². The molecule has 152 valence electrons. The van der Waals surface area contributed by atoms with Crippen LogP contribution in [0.3, 0.4) is 0 Å². The second-order valence-corrected chi connectivity index (χ2v) is 8.39. The summed E-state index contributed by atoms with van der Waals surface area (Å²) in [7, 11) is 0. The first-order valence-electron chi connectivity index (χ1n) is 10.1. The summed E-state index contributed by atoms with van der Waals surface area (Å²) in [6.07, 6.45) is 4.44. The van der Waals surface area contributed by atoms with E-state index in [0.29, 0.717) is 17.3 Å². The molecule has 0 radical (unpaired) electrons. The van der Waals surface area contributed by atoms with Crippen molar-refractivity contribution in [2.24, 2.45) is 11.7 Å². The van der Waals surface area contributed by atoms with E-state index in [4.69, 9.17) is 5.73 Å². The Morgan fingerprint density at radius 3 is 2.90 bits per heavy atom. The predicted octanol–water partition coefficient (Wildman–Crippen LogP) is 2.94. The van der Waals surface area contributed by atoms with Gasteiger partial charge in [0.05, 0.1) is 5.69 Å². The summed E-state index contributed by atoms with van der Waals surface area (Å²) in [6, 6.07) is 3.49. The van der Waals surface area contributed by atoms with Crippen LogP contribution >= 0.6 is 0 Å². The molecule has 8 heteroatoms. The molecule has 2 unspecified atom stereocenters. The fourth-order valence-electron chi connectivity index (χ4n) is 4.97. The van der Waals surface area contributed by atoms with Gasteiger partial charge in [0.2, 0.25) is 0 Å². The van der Waals surface area contributed by atoms with Crippen LogP contribution in [0.2, 0.25) is 0 Å². The van der Waals surface area contributed by atoms with Crippen LogP contribution in [-0.4, -0.2) is 37.1 Å². The van der Waals surface area contributed by atoms with Gasteiger partial charge in [-0.3, -0.25) is 4.90 Å². The lowest BCUT2D eigenvalue weighted by Crippen LogP contribution is -2.39. The Kier molecular flexibility index (Phi) is 4.55. The number of halogens is 2. The van der Waals surface area contributed by atoms with Crippen molar-refractivity contribution in [2.45, 2.75) is 51.2 Å². The third kappa shape index (κ3) is 3.40. The molecule has 1 aliphatic carbocycles. The van der Waals surface area contributed by atoms with Crippen LogP contribution in [0, 0.1) is 24.5 Å². The van der Waals surface area contributed by atoms with E-state index in [2.05, 4.69) is 20.0 Å². The number of rotatable bonds is 3. The van der Waals surface area contributed by atoms with Gasteiger partial charge in [0.15, 0.2) is 0 Å². The number of hydrogen-bond acceptors (Lipinski definition) is 5. The van der Waals surface area contributed by atoms with Crippen LogP contribution in [0.5, 0.6) is 0 Å². The van der Waals surface area contributed by atoms with Crippen LogP contribution in [0.15, 0.2) is 24.4 Å². The van der Waals surface area contributed by atoms with Gasteiger partial charge in [-0.2, -0.15) is 9.50 Å². The minimum atomic E-state index is -0.408. The highest BCUT2D eigenvalue weighted by molar-refractivity contribution is 5.34. The number of hydrogen-bond donors (Lipinski definition) is 1. The highest BCUT2D eigenvalue weighted by atomic mass is 19.1. The normalized spacial score (nSPS) is 24.9.